The molecule has 0 bridgehead atoms. The SMILES string of the molecule is COCC(OC)=C(O)c1ccccc1. The Morgan fingerprint density at radius 1 is 1.21 bits per heavy atom. The normalized spacial score (nSPS) is 12.1. The van der Waals surface area contributed by atoms with Crippen molar-refractivity contribution in [2.45, 2.75) is 0 Å². The van der Waals surface area contributed by atoms with Gasteiger partial charge in [0.2, 0.25) is 0 Å². The number of benzene rings is 1. The molecule has 1 rings (SSSR count). The second kappa shape index (κ2) is 5.29. The molecule has 14 heavy (non-hydrogen) atoms. The molecule has 0 amide bonds. The van der Waals surface area contributed by atoms with E-state index in [4.69, 9.17) is 9.47 Å². The van der Waals surface area contributed by atoms with Crippen LogP contribution in [0.5, 0.6) is 0 Å². The quantitative estimate of drug-likeness (QED) is 0.747. The molecule has 0 spiro atoms. The fraction of sp³-hybridized carbons (Fsp3) is 0.273. The van der Waals surface area contributed by atoms with Gasteiger partial charge in [-0.1, -0.05) is 30.3 Å². The van der Waals surface area contributed by atoms with Crippen LogP contribution in [0, 0.1) is 0 Å². The van der Waals surface area contributed by atoms with Crippen molar-refractivity contribution in [3.63, 3.8) is 0 Å². The Balaban J connectivity index is 2.95. The first kappa shape index (κ1) is 10.6. The second-order valence-corrected chi connectivity index (χ2v) is 2.77. The van der Waals surface area contributed by atoms with E-state index in [0.29, 0.717) is 5.76 Å². The van der Waals surface area contributed by atoms with Gasteiger partial charge in [0.15, 0.2) is 11.5 Å². The maximum absolute atomic E-state index is 9.79. The Hall–Kier alpha value is -1.48. The molecule has 0 atom stereocenters. The van der Waals surface area contributed by atoms with Crippen molar-refractivity contribution < 1.29 is 14.6 Å². The summed E-state index contributed by atoms with van der Waals surface area (Å²) in [5.41, 5.74) is 0.724. The van der Waals surface area contributed by atoms with Gasteiger partial charge in [0.25, 0.3) is 0 Å². The van der Waals surface area contributed by atoms with E-state index in [1.165, 1.54) is 7.11 Å². The van der Waals surface area contributed by atoms with Crippen LogP contribution in [0.3, 0.4) is 0 Å². The Labute approximate surface area is 83.6 Å². The molecule has 0 aliphatic heterocycles. The molecule has 76 valence electrons. The Morgan fingerprint density at radius 3 is 2.36 bits per heavy atom. The van der Waals surface area contributed by atoms with Gasteiger partial charge >= 0.3 is 0 Å². The van der Waals surface area contributed by atoms with E-state index < -0.39 is 0 Å². The first-order chi connectivity index (χ1) is 6.79. The molecule has 3 heteroatoms. The molecule has 0 saturated heterocycles. The second-order valence-electron chi connectivity index (χ2n) is 2.77. The zero-order valence-corrected chi connectivity index (χ0v) is 8.36. The molecule has 0 heterocycles. The third-order valence-corrected chi connectivity index (χ3v) is 1.83. The van der Waals surface area contributed by atoms with Crippen LogP contribution in [0.15, 0.2) is 36.1 Å². The zero-order valence-electron chi connectivity index (χ0n) is 8.36. The first-order valence-corrected chi connectivity index (χ1v) is 4.30. The van der Waals surface area contributed by atoms with Crippen molar-refractivity contribution in [2.75, 3.05) is 20.8 Å². The monoisotopic (exact) mass is 194 g/mol. The fourth-order valence-electron chi connectivity index (χ4n) is 1.11. The molecule has 1 N–H and O–H groups in total. The number of rotatable bonds is 4. The summed E-state index contributed by atoms with van der Waals surface area (Å²) in [5, 5.41) is 9.79. The largest absolute Gasteiger partial charge is 0.504 e. The standard InChI is InChI=1S/C11H14O3/c1-13-8-10(14-2)11(12)9-6-4-3-5-7-9/h3-7,12H,8H2,1-2H3. The lowest BCUT2D eigenvalue weighted by molar-refractivity contribution is 0.155. The van der Waals surface area contributed by atoms with E-state index in [-0.39, 0.29) is 12.4 Å². The van der Waals surface area contributed by atoms with Crippen molar-refractivity contribution in [3.05, 3.63) is 41.7 Å². The highest BCUT2D eigenvalue weighted by Gasteiger charge is 2.07. The molecule has 0 unspecified atom stereocenters. The lowest BCUT2D eigenvalue weighted by atomic mass is 10.2. The predicted octanol–water partition coefficient (Wildman–Crippen LogP) is 2.21. The molecular formula is C11H14O3. The molecule has 0 fully saturated rings. The van der Waals surface area contributed by atoms with E-state index in [2.05, 4.69) is 0 Å². The van der Waals surface area contributed by atoms with Crippen LogP contribution in [0.1, 0.15) is 5.56 Å². The summed E-state index contributed by atoms with van der Waals surface area (Å²) in [7, 11) is 3.06. The van der Waals surface area contributed by atoms with E-state index >= 15 is 0 Å². The minimum absolute atomic E-state index is 0.120. The molecule has 1 aromatic rings. The van der Waals surface area contributed by atoms with Crippen molar-refractivity contribution in [3.8, 4) is 0 Å². The summed E-state index contributed by atoms with van der Waals surface area (Å²) in [6.07, 6.45) is 0. The number of hydrogen-bond donors (Lipinski definition) is 1. The van der Waals surface area contributed by atoms with Gasteiger partial charge in [0.1, 0.15) is 6.61 Å². The van der Waals surface area contributed by atoms with E-state index in [0.717, 1.165) is 5.56 Å². The van der Waals surface area contributed by atoms with E-state index in [1.807, 2.05) is 30.3 Å². The highest BCUT2D eigenvalue weighted by molar-refractivity contribution is 5.60. The van der Waals surface area contributed by atoms with Crippen LogP contribution in [0.25, 0.3) is 5.76 Å². The van der Waals surface area contributed by atoms with Gasteiger partial charge in [-0.25, -0.2) is 0 Å². The van der Waals surface area contributed by atoms with Crippen molar-refractivity contribution in [2.24, 2.45) is 0 Å². The average molecular weight is 194 g/mol. The summed E-state index contributed by atoms with van der Waals surface area (Å²) in [5.74, 6) is 0.550. The fourth-order valence-corrected chi connectivity index (χ4v) is 1.11. The summed E-state index contributed by atoms with van der Waals surface area (Å²) in [6.45, 7) is 0.261. The maximum atomic E-state index is 9.79. The highest BCUT2D eigenvalue weighted by Crippen LogP contribution is 2.15. The van der Waals surface area contributed by atoms with Gasteiger partial charge < -0.3 is 14.6 Å². The first-order valence-electron chi connectivity index (χ1n) is 4.30. The molecule has 0 aliphatic carbocycles. The van der Waals surface area contributed by atoms with Crippen molar-refractivity contribution in [1.29, 1.82) is 0 Å². The molecule has 0 saturated carbocycles. The predicted molar refractivity (Wildman–Crippen MR) is 54.9 cm³/mol. The Bertz CT molecular complexity index is 304. The lowest BCUT2D eigenvalue weighted by Crippen LogP contribution is -2.01. The van der Waals surface area contributed by atoms with Gasteiger partial charge in [0, 0.05) is 12.7 Å². The lowest BCUT2D eigenvalue weighted by Gasteiger charge is -2.08. The number of aliphatic hydroxyl groups excluding tert-OH is 1. The van der Waals surface area contributed by atoms with Crippen LogP contribution < -0.4 is 0 Å². The molecule has 3 nitrogen and oxygen atoms in total. The van der Waals surface area contributed by atoms with Gasteiger partial charge in [-0.2, -0.15) is 0 Å². The molecule has 0 radical (unpaired) electrons. The van der Waals surface area contributed by atoms with Gasteiger partial charge in [-0.05, 0) is 0 Å². The van der Waals surface area contributed by atoms with Gasteiger partial charge in [-0.15, -0.1) is 0 Å². The third-order valence-electron chi connectivity index (χ3n) is 1.83. The smallest absolute Gasteiger partial charge is 0.163 e. The third kappa shape index (κ3) is 2.50. The number of ether oxygens (including phenoxy) is 2. The molecule has 0 aliphatic rings. The summed E-state index contributed by atoms with van der Waals surface area (Å²) in [4.78, 5) is 0. The minimum atomic E-state index is 0.120. The maximum Gasteiger partial charge on any atom is 0.163 e. The number of hydrogen-bond acceptors (Lipinski definition) is 3. The number of aliphatic hydroxyl groups is 1. The Morgan fingerprint density at radius 2 is 1.86 bits per heavy atom. The zero-order chi connectivity index (χ0) is 10.4. The van der Waals surface area contributed by atoms with Gasteiger partial charge in [-0.3, -0.25) is 0 Å². The highest BCUT2D eigenvalue weighted by atomic mass is 16.5. The van der Waals surface area contributed by atoms with Crippen LogP contribution in [-0.2, 0) is 9.47 Å². The molecular weight excluding hydrogens is 180 g/mol. The minimum Gasteiger partial charge on any atom is -0.504 e. The van der Waals surface area contributed by atoms with Crippen molar-refractivity contribution in [1.82, 2.24) is 0 Å². The number of methoxy groups -OCH3 is 2. The topological polar surface area (TPSA) is 38.7 Å². The van der Waals surface area contributed by atoms with Crippen LogP contribution in [0.2, 0.25) is 0 Å². The Kier molecular flexibility index (Phi) is 4.01. The van der Waals surface area contributed by atoms with Crippen LogP contribution in [-0.4, -0.2) is 25.9 Å². The van der Waals surface area contributed by atoms with E-state index in [9.17, 15) is 5.11 Å². The van der Waals surface area contributed by atoms with E-state index in [1.54, 1.807) is 7.11 Å². The van der Waals surface area contributed by atoms with Crippen LogP contribution in [0.4, 0.5) is 0 Å². The van der Waals surface area contributed by atoms with Crippen molar-refractivity contribution >= 4 is 5.76 Å². The average Bonchev–Trinajstić information content (AvgIpc) is 2.26. The molecule has 1 aromatic carbocycles. The summed E-state index contributed by atoms with van der Waals surface area (Å²) >= 11 is 0. The van der Waals surface area contributed by atoms with Crippen LogP contribution >= 0.6 is 0 Å². The van der Waals surface area contributed by atoms with Gasteiger partial charge in [0.05, 0.1) is 7.11 Å². The molecule has 0 aromatic heterocycles. The summed E-state index contributed by atoms with van der Waals surface area (Å²) in [6, 6.07) is 9.21. The summed E-state index contributed by atoms with van der Waals surface area (Å²) < 4.78 is 9.91.